The third kappa shape index (κ3) is 5.09. The number of nitrogens with one attached hydrogen (secondary N) is 1. The minimum atomic E-state index is -0.120. The Bertz CT molecular complexity index is 963. The molecule has 0 bridgehead atoms. The van der Waals surface area contributed by atoms with Crippen molar-refractivity contribution in [3.63, 3.8) is 0 Å². The van der Waals surface area contributed by atoms with Gasteiger partial charge in [0.2, 0.25) is 5.91 Å². The van der Waals surface area contributed by atoms with E-state index in [1.807, 2.05) is 28.8 Å². The molecule has 0 aliphatic rings. The molecule has 136 valence electrons. The van der Waals surface area contributed by atoms with Crippen LogP contribution < -0.4 is 10.1 Å². The van der Waals surface area contributed by atoms with E-state index in [-0.39, 0.29) is 5.91 Å². The molecule has 0 saturated heterocycles. The summed E-state index contributed by atoms with van der Waals surface area (Å²) in [5, 5.41) is 20.4. The second-order valence-corrected chi connectivity index (χ2v) is 6.61. The van der Waals surface area contributed by atoms with Crippen LogP contribution in [-0.4, -0.2) is 33.0 Å². The fourth-order valence-corrected chi connectivity index (χ4v) is 3.10. The van der Waals surface area contributed by atoms with Crippen LogP contribution in [0.3, 0.4) is 0 Å². The summed E-state index contributed by atoms with van der Waals surface area (Å²) in [5.41, 5.74) is 2.18. The number of anilines is 1. The lowest BCUT2D eigenvalue weighted by Gasteiger charge is -2.09. The van der Waals surface area contributed by atoms with Crippen molar-refractivity contribution in [3.05, 3.63) is 60.4 Å². The van der Waals surface area contributed by atoms with Crippen molar-refractivity contribution in [2.75, 3.05) is 17.7 Å². The molecule has 0 fully saturated rings. The number of ether oxygens (including phenoxy) is 1. The largest absolute Gasteiger partial charge is 0.493 e. The zero-order valence-electron chi connectivity index (χ0n) is 14.6. The van der Waals surface area contributed by atoms with Crippen LogP contribution in [-0.2, 0) is 4.79 Å². The summed E-state index contributed by atoms with van der Waals surface area (Å²) in [7, 11) is 0. The third-order valence-electron chi connectivity index (χ3n) is 3.53. The monoisotopic (exact) mass is 379 g/mol. The van der Waals surface area contributed by atoms with Crippen molar-refractivity contribution in [2.45, 2.75) is 12.1 Å². The van der Waals surface area contributed by atoms with Gasteiger partial charge in [0.05, 0.1) is 23.9 Å². The minimum Gasteiger partial charge on any atom is -0.493 e. The fraction of sp³-hybridized carbons (Fsp3) is 0.158. The summed E-state index contributed by atoms with van der Waals surface area (Å²) in [6.45, 7) is 1.97. The number of nitriles is 1. The highest BCUT2D eigenvalue weighted by atomic mass is 32.2. The van der Waals surface area contributed by atoms with Crippen LogP contribution in [0.1, 0.15) is 12.5 Å². The van der Waals surface area contributed by atoms with Crippen molar-refractivity contribution in [1.29, 1.82) is 5.26 Å². The number of benzene rings is 2. The predicted molar refractivity (Wildman–Crippen MR) is 103 cm³/mol. The molecular formula is C19H17N5O2S. The van der Waals surface area contributed by atoms with Crippen LogP contribution in [0.25, 0.3) is 5.69 Å². The quantitative estimate of drug-likeness (QED) is 0.500. The van der Waals surface area contributed by atoms with Crippen molar-refractivity contribution in [2.24, 2.45) is 0 Å². The number of amides is 1. The van der Waals surface area contributed by atoms with E-state index in [1.165, 1.54) is 18.7 Å². The number of carbonyl (C=O) groups is 1. The predicted octanol–water partition coefficient (Wildman–Crippen LogP) is 3.27. The Balaban J connectivity index is 1.58. The number of carbonyl (C=O) groups excluding carboxylic acids is 1. The van der Waals surface area contributed by atoms with E-state index in [9.17, 15) is 4.79 Å². The summed E-state index contributed by atoms with van der Waals surface area (Å²) < 4.78 is 7.54. The topological polar surface area (TPSA) is 92.8 Å². The molecule has 0 aliphatic heterocycles. The molecule has 0 aliphatic carbocycles. The van der Waals surface area contributed by atoms with Gasteiger partial charge < -0.3 is 10.1 Å². The first-order valence-corrected chi connectivity index (χ1v) is 9.18. The maximum Gasteiger partial charge on any atom is 0.221 e. The van der Waals surface area contributed by atoms with E-state index in [2.05, 4.69) is 21.6 Å². The Morgan fingerprint density at radius 1 is 1.30 bits per heavy atom. The Kier molecular flexibility index (Phi) is 6.07. The molecule has 3 aromatic rings. The molecule has 1 aromatic heterocycles. The van der Waals surface area contributed by atoms with Crippen LogP contribution >= 0.6 is 11.8 Å². The zero-order valence-corrected chi connectivity index (χ0v) is 15.4. The van der Waals surface area contributed by atoms with Gasteiger partial charge in [-0.05, 0) is 42.5 Å². The summed E-state index contributed by atoms with van der Waals surface area (Å²) in [6.07, 6.45) is 1.64. The van der Waals surface area contributed by atoms with Gasteiger partial charge in [-0.2, -0.15) is 5.26 Å². The normalized spacial score (nSPS) is 10.2. The number of hydrogen-bond acceptors (Lipinski definition) is 6. The molecule has 0 saturated carbocycles. The Labute approximate surface area is 161 Å². The molecule has 1 amide bonds. The number of rotatable bonds is 7. The molecule has 2 aromatic carbocycles. The molecule has 7 nitrogen and oxygen atoms in total. The first kappa shape index (κ1) is 18.5. The lowest BCUT2D eigenvalue weighted by Crippen LogP contribution is -2.06. The maximum atomic E-state index is 11.2. The maximum absolute atomic E-state index is 11.2. The minimum absolute atomic E-state index is 0.120. The first-order valence-electron chi connectivity index (χ1n) is 8.19. The summed E-state index contributed by atoms with van der Waals surface area (Å²) in [6, 6.07) is 16.6. The van der Waals surface area contributed by atoms with E-state index in [0.717, 1.165) is 16.6 Å². The Morgan fingerprint density at radius 2 is 2.11 bits per heavy atom. The Morgan fingerprint density at radius 3 is 2.85 bits per heavy atom. The smallest absolute Gasteiger partial charge is 0.221 e. The summed E-state index contributed by atoms with van der Waals surface area (Å²) in [4.78, 5) is 11.2. The van der Waals surface area contributed by atoms with Crippen molar-refractivity contribution in [3.8, 4) is 17.5 Å². The molecule has 0 unspecified atom stereocenters. The van der Waals surface area contributed by atoms with Gasteiger partial charge in [0.1, 0.15) is 12.1 Å². The highest BCUT2D eigenvalue weighted by Crippen LogP contribution is 2.22. The fourth-order valence-electron chi connectivity index (χ4n) is 2.35. The average molecular weight is 379 g/mol. The molecule has 1 N–H and O–H groups in total. The highest BCUT2D eigenvalue weighted by Gasteiger charge is 2.08. The average Bonchev–Trinajstić information content (AvgIpc) is 3.14. The van der Waals surface area contributed by atoms with Crippen LogP contribution in [0.5, 0.6) is 5.75 Å². The third-order valence-corrected chi connectivity index (χ3v) is 4.44. The van der Waals surface area contributed by atoms with Gasteiger partial charge in [0.25, 0.3) is 0 Å². The molecule has 3 rings (SSSR count). The molecule has 27 heavy (non-hydrogen) atoms. The molecule has 0 spiro atoms. The van der Waals surface area contributed by atoms with Crippen LogP contribution in [0.2, 0.25) is 0 Å². The standard InChI is InChI=1S/C19H17N5O2S/c1-14(25)22-16-3-2-4-17(11-16)24-13-21-23-19(24)27-10-9-26-18-7-5-15(12-20)6-8-18/h2-8,11,13H,9-10H2,1H3,(H,22,25). The van der Waals surface area contributed by atoms with E-state index in [1.54, 1.807) is 30.6 Å². The zero-order chi connectivity index (χ0) is 19.1. The number of thioether (sulfide) groups is 1. The molecular weight excluding hydrogens is 362 g/mol. The molecule has 0 radical (unpaired) electrons. The van der Waals surface area contributed by atoms with Crippen molar-refractivity contribution in [1.82, 2.24) is 14.8 Å². The molecule has 8 heteroatoms. The van der Waals surface area contributed by atoms with Crippen molar-refractivity contribution < 1.29 is 9.53 Å². The molecule has 1 heterocycles. The van der Waals surface area contributed by atoms with Gasteiger partial charge in [-0.15, -0.1) is 10.2 Å². The lowest BCUT2D eigenvalue weighted by molar-refractivity contribution is -0.114. The SMILES string of the molecule is CC(=O)Nc1cccc(-n2cnnc2SCCOc2ccc(C#N)cc2)c1. The second kappa shape index (κ2) is 8.87. The number of hydrogen-bond donors (Lipinski definition) is 1. The van der Waals surface area contributed by atoms with E-state index in [4.69, 9.17) is 10.00 Å². The second-order valence-electron chi connectivity index (χ2n) is 5.55. The van der Waals surface area contributed by atoms with Gasteiger partial charge in [-0.1, -0.05) is 17.8 Å². The van der Waals surface area contributed by atoms with Crippen LogP contribution in [0.15, 0.2) is 60.0 Å². The van der Waals surface area contributed by atoms with Crippen LogP contribution in [0.4, 0.5) is 5.69 Å². The van der Waals surface area contributed by atoms with Gasteiger partial charge >= 0.3 is 0 Å². The van der Waals surface area contributed by atoms with Gasteiger partial charge in [-0.25, -0.2) is 0 Å². The van der Waals surface area contributed by atoms with E-state index in [0.29, 0.717) is 23.6 Å². The van der Waals surface area contributed by atoms with E-state index < -0.39 is 0 Å². The van der Waals surface area contributed by atoms with Gasteiger partial charge in [-0.3, -0.25) is 9.36 Å². The first-order chi connectivity index (χ1) is 13.2. The highest BCUT2D eigenvalue weighted by molar-refractivity contribution is 7.99. The van der Waals surface area contributed by atoms with Gasteiger partial charge in [0, 0.05) is 18.4 Å². The lowest BCUT2D eigenvalue weighted by atomic mass is 10.2. The number of aromatic nitrogens is 3. The summed E-state index contributed by atoms with van der Waals surface area (Å²) in [5.74, 6) is 1.29. The van der Waals surface area contributed by atoms with Crippen LogP contribution in [0, 0.1) is 11.3 Å². The summed E-state index contributed by atoms with van der Waals surface area (Å²) >= 11 is 1.52. The molecule has 0 atom stereocenters. The Hall–Kier alpha value is -3.31. The van der Waals surface area contributed by atoms with Gasteiger partial charge in [0.15, 0.2) is 5.16 Å². The van der Waals surface area contributed by atoms with E-state index >= 15 is 0 Å². The number of nitrogens with zero attached hydrogens (tertiary/aromatic N) is 4. The van der Waals surface area contributed by atoms with Crippen molar-refractivity contribution >= 4 is 23.4 Å².